The lowest BCUT2D eigenvalue weighted by Gasteiger charge is -2.29. The van der Waals surface area contributed by atoms with Crippen molar-refractivity contribution >= 4 is 6.09 Å². The van der Waals surface area contributed by atoms with Crippen molar-refractivity contribution < 1.29 is 18.3 Å². The zero-order valence-electron chi connectivity index (χ0n) is 12.4. The first kappa shape index (κ1) is 16.4. The molecule has 0 fully saturated rings. The third kappa shape index (κ3) is 4.79. The first-order chi connectivity index (χ1) is 9.01. The fourth-order valence-corrected chi connectivity index (χ4v) is 1.76. The molecule has 0 aliphatic heterocycles. The fourth-order valence-electron chi connectivity index (χ4n) is 1.76. The van der Waals surface area contributed by atoms with Crippen LogP contribution in [0.25, 0.3) is 0 Å². The van der Waals surface area contributed by atoms with Crippen molar-refractivity contribution in [1.29, 1.82) is 0 Å². The highest BCUT2D eigenvalue weighted by Gasteiger charge is 2.29. The highest BCUT2D eigenvalue weighted by molar-refractivity contribution is 5.68. The quantitative estimate of drug-likeness (QED) is 0.927. The topological polar surface area (TPSA) is 56.1 Å². The zero-order valence-corrected chi connectivity index (χ0v) is 12.4. The normalized spacial score (nSPS) is 12.6. The van der Waals surface area contributed by atoms with Gasteiger partial charge in [0.2, 0.25) is 0 Å². The Bertz CT molecular complexity index is 464. The van der Waals surface area contributed by atoms with Crippen LogP contribution in [0.3, 0.4) is 0 Å². The van der Waals surface area contributed by atoms with Crippen LogP contribution in [-0.2, 0) is 16.8 Å². The van der Waals surface area contributed by atoms with Crippen LogP contribution in [0.5, 0.6) is 0 Å². The molecule has 114 valence electrons. The Hall–Kier alpha value is -1.66. The molecule has 0 aromatic carbocycles. The van der Waals surface area contributed by atoms with Crippen LogP contribution in [0.4, 0.5) is 13.6 Å². The van der Waals surface area contributed by atoms with E-state index in [0.29, 0.717) is 5.69 Å². The second kappa shape index (κ2) is 5.76. The Morgan fingerprint density at radius 2 is 2.00 bits per heavy atom. The molecule has 1 aromatic rings. The summed E-state index contributed by atoms with van der Waals surface area (Å²) in [4.78, 5) is 15.7. The van der Waals surface area contributed by atoms with Gasteiger partial charge in [-0.25, -0.2) is 18.6 Å². The summed E-state index contributed by atoms with van der Waals surface area (Å²) in [6.07, 6.45) is -0.313. The van der Waals surface area contributed by atoms with Crippen molar-refractivity contribution in [3.8, 4) is 0 Å². The number of nitrogens with one attached hydrogen (secondary N) is 1. The predicted molar refractivity (Wildman–Crippen MR) is 70.6 cm³/mol. The molecule has 1 rings (SSSR count). The molecule has 20 heavy (non-hydrogen) atoms. The van der Waals surface area contributed by atoms with E-state index < -0.39 is 30.2 Å². The van der Waals surface area contributed by atoms with E-state index in [-0.39, 0.29) is 0 Å². The second-order valence-corrected chi connectivity index (χ2v) is 6.07. The molecule has 0 unspecified atom stereocenters. The number of alkyl halides is 2. The maximum absolute atomic E-state index is 12.5. The Labute approximate surface area is 117 Å². The number of halogens is 2. The zero-order chi connectivity index (χ0) is 15.6. The van der Waals surface area contributed by atoms with Crippen molar-refractivity contribution in [2.75, 3.05) is 0 Å². The summed E-state index contributed by atoms with van der Waals surface area (Å²) in [7, 11) is 0. The summed E-state index contributed by atoms with van der Waals surface area (Å²) in [6.45, 7) is 8.20. The summed E-state index contributed by atoms with van der Waals surface area (Å²) in [6, 6.07) is 0. The number of imidazole rings is 1. The van der Waals surface area contributed by atoms with Crippen molar-refractivity contribution in [1.82, 2.24) is 14.9 Å². The number of hydrogen-bond acceptors (Lipinski definition) is 3. The second-order valence-electron chi connectivity index (χ2n) is 6.07. The number of amides is 1. The predicted octanol–water partition coefficient (Wildman–Crippen LogP) is 2.91. The SMILES string of the molecule is CC(C)(C)OC(=O)NC(C)(C)c1cncn1CC(F)F. The minimum Gasteiger partial charge on any atom is -0.444 e. The molecular formula is C13H21F2N3O2. The molecule has 0 aliphatic carbocycles. The fraction of sp³-hybridized carbons (Fsp3) is 0.692. The van der Waals surface area contributed by atoms with Gasteiger partial charge in [0, 0.05) is 0 Å². The van der Waals surface area contributed by atoms with Crippen LogP contribution in [0.2, 0.25) is 0 Å². The average molecular weight is 289 g/mol. The van der Waals surface area contributed by atoms with Gasteiger partial charge < -0.3 is 14.6 Å². The maximum atomic E-state index is 12.5. The van der Waals surface area contributed by atoms with Gasteiger partial charge in [-0.05, 0) is 34.6 Å². The number of ether oxygens (including phenoxy) is 1. The molecule has 0 saturated heterocycles. The van der Waals surface area contributed by atoms with Crippen LogP contribution in [0.15, 0.2) is 12.5 Å². The average Bonchev–Trinajstić information content (AvgIpc) is 2.60. The number of carbonyl (C=O) groups is 1. The first-order valence-corrected chi connectivity index (χ1v) is 6.31. The van der Waals surface area contributed by atoms with Gasteiger partial charge in [-0.3, -0.25) is 0 Å². The van der Waals surface area contributed by atoms with E-state index in [2.05, 4.69) is 10.3 Å². The van der Waals surface area contributed by atoms with Crippen molar-refractivity contribution in [2.24, 2.45) is 0 Å². The number of aromatic nitrogens is 2. The largest absolute Gasteiger partial charge is 0.444 e. The molecule has 0 atom stereocenters. The lowest BCUT2D eigenvalue weighted by atomic mass is 10.0. The lowest BCUT2D eigenvalue weighted by molar-refractivity contribution is 0.0465. The van der Waals surface area contributed by atoms with E-state index in [1.54, 1.807) is 34.6 Å². The molecule has 1 aromatic heterocycles. The van der Waals surface area contributed by atoms with Crippen molar-refractivity contribution in [3.63, 3.8) is 0 Å². The summed E-state index contributed by atoms with van der Waals surface area (Å²) in [5.74, 6) is 0. The minimum atomic E-state index is -2.49. The number of alkyl carbamates (subject to hydrolysis) is 1. The maximum Gasteiger partial charge on any atom is 0.408 e. The highest BCUT2D eigenvalue weighted by Crippen LogP contribution is 2.21. The molecule has 0 spiro atoms. The third-order valence-electron chi connectivity index (χ3n) is 2.50. The number of rotatable bonds is 4. The van der Waals surface area contributed by atoms with Crippen molar-refractivity contribution in [3.05, 3.63) is 18.2 Å². The number of hydrogen-bond donors (Lipinski definition) is 1. The Morgan fingerprint density at radius 1 is 1.40 bits per heavy atom. The van der Waals surface area contributed by atoms with E-state index in [0.717, 1.165) is 0 Å². The monoisotopic (exact) mass is 289 g/mol. The minimum absolute atomic E-state index is 0.464. The van der Waals surface area contributed by atoms with Gasteiger partial charge >= 0.3 is 6.09 Å². The Balaban J connectivity index is 2.83. The summed E-state index contributed by atoms with van der Waals surface area (Å²) < 4.78 is 31.5. The van der Waals surface area contributed by atoms with Crippen LogP contribution in [-0.4, -0.2) is 27.7 Å². The Kier molecular flexibility index (Phi) is 4.73. The summed E-state index contributed by atoms with van der Waals surface area (Å²) >= 11 is 0. The Morgan fingerprint density at radius 3 is 2.50 bits per heavy atom. The number of nitrogens with zero attached hydrogens (tertiary/aromatic N) is 2. The van der Waals surface area contributed by atoms with E-state index in [9.17, 15) is 13.6 Å². The molecule has 0 aliphatic rings. The highest BCUT2D eigenvalue weighted by atomic mass is 19.3. The van der Waals surface area contributed by atoms with Gasteiger partial charge in [0.05, 0.1) is 30.3 Å². The van der Waals surface area contributed by atoms with Gasteiger partial charge in [-0.2, -0.15) is 0 Å². The molecule has 1 amide bonds. The van der Waals surface area contributed by atoms with Crippen LogP contribution < -0.4 is 5.32 Å². The van der Waals surface area contributed by atoms with Crippen LogP contribution >= 0.6 is 0 Å². The van der Waals surface area contributed by atoms with Gasteiger partial charge in [0.25, 0.3) is 6.43 Å². The van der Waals surface area contributed by atoms with E-state index >= 15 is 0 Å². The standard InChI is InChI=1S/C13H21F2N3O2/c1-12(2,3)20-11(19)17-13(4,5)9-6-16-8-18(9)7-10(14)15/h6,8,10H,7H2,1-5H3,(H,17,19). The first-order valence-electron chi connectivity index (χ1n) is 6.31. The molecule has 0 bridgehead atoms. The van der Waals surface area contributed by atoms with Crippen molar-refractivity contribution in [2.45, 2.75) is 58.7 Å². The molecule has 1 heterocycles. The van der Waals surface area contributed by atoms with E-state index in [1.807, 2.05) is 0 Å². The van der Waals surface area contributed by atoms with Crippen LogP contribution in [0, 0.1) is 0 Å². The van der Waals surface area contributed by atoms with Gasteiger partial charge in [0.1, 0.15) is 5.60 Å². The molecule has 7 heteroatoms. The molecule has 1 N–H and O–H groups in total. The summed E-state index contributed by atoms with van der Waals surface area (Å²) in [5.41, 5.74) is -0.999. The third-order valence-corrected chi connectivity index (χ3v) is 2.50. The van der Waals surface area contributed by atoms with Crippen LogP contribution in [0.1, 0.15) is 40.3 Å². The van der Waals surface area contributed by atoms with Gasteiger partial charge in [-0.15, -0.1) is 0 Å². The smallest absolute Gasteiger partial charge is 0.408 e. The van der Waals surface area contributed by atoms with Gasteiger partial charge in [-0.1, -0.05) is 0 Å². The van der Waals surface area contributed by atoms with E-state index in [1.165, 1.54) is 17.1 Å². The lowest BCUT2D eigenvalue weighted by Crippen LogP contribution is -2.45. The van der Waals surface area contributed by atoms with E-state index in [4.69, 9.17) is 4.74 Å². The molecule has 0 saturated carbocycles. The van der Waals surface area contributed by atoms with Gasteiger partial charge in [0.15, 0.2) is 0 Å². The summed E-state index contributed by atoms with van der Waals surface area (Å²) in [5, 5.41) is 2.66. The molecule has 0 radical (unpaired) electrons. The molecular weight excluding hydrogens is 268 g/mol. The number of carbonyl (C=O) groups excluding carboxylic acids is 1. The molecule has 5 nitrogen and oxygen atoms in total.